The van der Waals surface area contributed by atoms with Gasteiger partial charge in [0.2, 0.25) is 0 Å². The number of halogens is 3. The number of anilines is 1. The Morgan fingerprint density at radius 2 is 1.65 bits per heavy atom. The molecule has 1 saturated heterocycles. The first-order valence-electron chi connectivity index (χ1n) is 14.0. The lowest BCUT2D eigenvalue weighted by Crippen LogP contribution is -2.44. The van der Waals surface area contributed by atoms with Crippen molar-refractivity contribution in [2.75, 3.05) is 17.5 Å². The predicted octanol–water partition coefficient (Wildman–Crippen LogP) is 7.48. The molecule has 5 rings (SSSR count). The summed E-state index contributed by atoms with van der Waals surface area (Å²) in [4.78, 5) is 15.0. The number of ether oxygens (including phenoxy) is 1. The number of carbonyl (C=O) groups is 1. The second kappa shape index (κ2) is 13.6. The average Bonchev–Trinajstić information content (AvgIpc) is 3.02. The van der Waals surface area contributed by atoms with E-state index in [2.05, 4.69) is 0 Å². The van der Waals surface area contributed by atoms with Gasteiger partial charge < -0.3 is 9.64 Å². The molecule has 1 unspecified atom stereocenters. The van der Waals surface area contributed by atoms with Crippen LogP contribution < -0.4 is 9.04 Å². The Hall–Kier alpha value is -3.95. The molecule has 1 heterocycles. The van der Waals surface area contributed by atoms with E-state index in [1.807, 2.05) is 35.2 Å². The molecule has 1 aliphatic heterocycles. The van der Waals surface area contributed by atoms with Crippen molar-refractivity contribution in [1.82, 2.24) is 4.90 Å². The van der Waals surface area contributed by atoms with E-state index in [9.17, 15) is 17.6 Å². The van der Waals surface area contributed by atoms with Crippen molar-refractivity contribution in [3.8, 4) is 5.75 Å². The maximum absolute atomic E-state index is 15.0. The molecule has 1 amide bonds. The Balaban J connectivity index is 1.37. The zero-order valence-corrected chi connectivity index (χ0v) is 24.9. The molecule has 6 nitrogen and oxygen atoms in total. The van der Waals surface area contributed by atoms with Crippen molar-refractivity contribution in [2.45, 2.75) is 43.2 Å². The van der Waals surface area contributed by atoms with Crippen LogP contribution in [0, 0.1) is 11.6 Å². The molecular formula is C33H31ClF2N2O4S. The Morgan fingerprint density at radius 3 is 2.42 bits per heavy atom. The van der Waals surface area contributed by atoms with Crippen molar-refractivity contribution >= 4 is 33.2 Å². The highest BCUT2D eigenvalue weighted by molar-refractivity contribution is 7.92. The Bertz CT molecular complexity index is 1670. The molecule has 1 atom stereocenters. The van der Waals surface area contributed by atoms with Crippen LogP contribution in [0.15, 0.2) is 102 Å². The highest BCUT2D eigenvalue weighted by atomic mass is 35.5. The van der Waals surface area contributed by atoms with Gasteiger partial charge in [-0.2, -0.15) is 0 Å². The summed E-state index contributed by atoms with van der Waals surface area (Å²) >= 11 is 5.96. The molecule has 0 bridgehead atoms. The minimum absolute atomic E-state index is 0.00297. The third-order valence-electron chi connectivity index (χ3n) is 7.48. The largest absolute Gasteiger partial charge is 0.493 e. The van der Waals surface area contributed by atoms with Crippen LogP contribution in [0.3, 0.4) is 0 Å². The van der Waals surface area contributed by atoms with Gasteiger partial charge >= 0.3 is 0 Å². The molecule has 0 saturated carbocycles. The lowest BCUT2D eigenvalue weighted by atomic mass is 9.98. The Labute approximate surface area is 255 Å². The summed E-state index contributed by atoms with van der Waals surface area (Å²) in [6.07, 6.45) is 3.39. The minimum Gasteiger partial charge on any atom is -0.493 e. The number of carbonyl (C=O) groups excluding carboxylic acids is 1. The molecule has 224 valence electrons. The van der Waals surface area contributed by atoms with Crippen LogP contribution in [-0.4, -0.2) is 38.4 Å². The number of hydrogen-bond donors (Lipinski definition) is 0. The lowest BCUT2D eigenvalue weighted by Gasteiger charge is -2.36. The smallest absolute Gasteiger partial charge is 0.264 e. The molecule has 1 fully saturated rings. The fourth-order valence-electron chi connectivity index (χ4n) is 5.26. The van der Waals surface area contributed by atoms with Crippen molar-refractivity contribution in [1.29, 1.82) is 0 Å². The Morgan fingerprint density at radius 1 is 0.930 bits per heavy atom. The molecule has 4 aromatic rings. The second-order valence-corrected chi connectivity index (χ2v) is 12.6. The topological polar surface area (TPSA) is 66.9 Å². The van der Waals surface area contributed by atoms with Gasteiger partial charge in [0.05, 0.1) is 23.7 Å². The van der Waals surface area contributed by atoms with Crippen LogP contribution in [0.1, 0.15) is 41.6 Å². The number of piperidine rings is 1. The molecule has 4 aromatic carbocycles. The SMILES string of the molecule is O=C(c1ccccc1)N1CCCCC1CCOc1ccccc1CN(c1cc(F)ccc1F)S(=O)(=O)c1ccc(Cl)cc1. The van der Waals surface area contributed by atoms with E-state index in [1.165, 1.54) is 24.3 Å². The Kier molecular flexibility index (Phi) is 9.62. The number of nitrogens with zero attached hydrogens (tertiary/aromatic N) is 2. The van der Waals surface area contributed by atoms with Crippen LogP contribution in [0.2, 0.25) is 5.02 Å². The number of sulfonamides is 1. The van der Waals surface area contributed by atoms with Gasteiger partial charge in [0.15, 0.2) is 0 Å². The van der Waals surface area contributed by atoms with Crippen molar-refractivity contribution in [3.63, 3.8) is 0 Å². The standard InChI is InChI=1S/C33H31ClF2N2O4S/c34-26-13-16-29(17-14-26)43(40,41)38(31-22-27(35)15-18-30(31)36)23-25-10-4-5-12-32(25)42-21-19-28-11-6-7-20-37(28)33(39)24-8-2-1-3-9-24/h1-5,8-10,12-18,22,28H,6-7,11,19-21,23H2. The lowest BCUT2D eigenvalue weighted by molar-refractivity contribution is 0.0580. The molecule has 0 aromatic heterocycles. The maximum atomic E-state index is 15.0. The number of para-hydroxylation sites is 1. The van der Waals surface area contributed by atoms with Crippen LogP contribution in [0.25, 0.3) is 0 Å². The highest BCUT2D eigenvalue weighted by Crippen LogP contribution is 2.32. The van der Waals surface area contributed by atoms with Crippen molar-refractivity contribution < 1.29 is 26.7 Å². The summed E-state index contributed by atoms with van der Waals surface area (Å²) in [7, 11) is -4.34. The third-order valence-corrected chi connectivity index (χ3v) is 9.51. The van der Waals surface area contributed by atoms with Gasteiger partial charge in [0.1, 0.15) is 17.4 Å². The van der Waals surface area contributed by atoms with Gasteiger partial charge in [0, 0.05) is 41.2 Å². The first-order chi connectivity index (χ1) is 20.7. The summed E-state index contributed by atoms with van der Waals surface area (Å²) in [5, 5.41) is 0.336. The summed E-state index contributed by atoms with van der Waals surface area (Å²) in [6.45, 7) is 0.633. The summed E-state index contributed by atoms with van der Waals surface area (Å²) in [5.74, 6) is -1.27. The van der Waals surface area contributed by atoms with Crippen molar-refractivity contribution in [2.24, 2.45) is 0 Å². The van der Waals surface area contributed by atoms with Gasteiger partial charge in [-0.15, -0.1) is 0 Å². The quantitative estimate of drug-likeness (QED) is 0.184. The third kappa shape index (κ3) is 7.17. The van der Waals surface area contributed by atoms with Crippen LogP contribution >= 0.6 is 11.6 Å². The molecular weight excluding hydrogens is 594 g/mol. The summed E-state index contributed by atoms with van der Waals surface area (Å²) < 4.78 is 63.8. The zero-order chi connectivity index (χ0) is 30.4. The number of amides is 1. The number of hydrogen-bond acceptors (Lipinski definition) is 4. The fourth-order valence-corrected chi connectivity index (χ4v) is 6.83. The number of rotatable bonds is 10. The second-order valence-electron chi connectivity index (χ2n) is 10.3. The zero-order valence-electron chi connectivity index (χ0n) is 23.3. The van der Waals surface area contributed by atoms with E-state index in [-0.39, 0.29) is 30.0 Å². The highest BCUT2D eigenvalue weighted by Gasteiger charge is 2.30. The molecule has 1 aliphatic rings. The molecule has 10 heteroatoms. The van der Waals surface area contributed by atoms with Crippen LogP contribution in [-0.2, 0) is 16.6 Å². The minimum atomic E-state index is -4.34. The van der Waals surface area contributed by atoms with E-state index in [0.29, 0.717) is 34.9 Å². The van der Waals surface area contributed by atoms with E-state index in [0.717, 1.165) is 41.8 Å². The van der Waals surface area contributed by atoms with Gasteiger partial charge in [-0.25, -0.2) is 17.2 Å². The normalized spacial score (nSPS) is 15.2. The first-order valence-corrected chi connectivity index (χ1v) is 15.9. The predicted molar refractivity (Wildman–Crippen MR) is 163 cm³/mol. The molecule has 0 N–H and O–H groups in total. The fraction of sp³-hybridized carbons (Fsp3) is 0.242. The summed E-state index contributed by atoms with van der Waals surface area (Å²) in [5.41, 5.74) is 0.679. The van der Waals surface area contributed by atoms with Gasteiger partial charge in [0.25, 0.3) is 15.9 Å². The average molecular weight is 625 g/mol. The van der Waals surface area contributed by atoms with Crippen LogP contribution in [0.4, 0.5) is 14.5 Å². The van der Waals surface area contributed by atoms with Gasteiger partial charge in [-0.1, -0.05) is 48.0 Å². The van der Waals surface area contributed by atoms with E-state index >= 15 is 4.39 Å². The number of likely N-dealkylation sites (tertiary alicyclic amines) is 1. The molecule has 0 aliphatic carbocycles. The monoisotopic (exact) mass is 624 g/mol. The molecule has 0 radical (unpaired) electrons. The van der Waals surface area contributed by atoms with Crippen molar-refractivity contribution in [3.05, 3.63) is 125 Å². The van der Waals surface area contributed by atoms with E-state index in [4.69, 9.17) is 16.3 Å². The van der Waals surface area contributed by atoms with E-state index < -0.39 is 27.3 Å². The molecule has 0 spiro atoms. The van der Waals surface area contributed by atoms with Gasteiger partial charge in [-0.3, -0.25) is 9.10 Å². The molecule has 43 heavy (non-hydrogen) atoms. The van der Waals surface area contributed by atoms with Crippen LogP contribution in [0.5, 0.6) is 5.75 Å². The van der Waals surface area contributed by atoms with Gasteiger partial charge in [-0.05, 0) is 73.9 Å². The number of benzene rings is 4. The summed E-state index contributed by atoms with van der Waals surface area (Å²) in [6, 6.07) is 24.2. The maximum Gasteiger partial charge on any atom is 0.264 e. The van der Waals surface area contributed by atoms with E-state index in [1.54, 1.807) is 24.3 Å². The first kappa shape index (κ1) is 30.5.